The molecular formula is C23H28N2O4. The Morgan fingerprint density at radius 2 is 1.83 bits per heavy atom. The zero-order valence-electron chi connectivity index (χ0n) is 17.2. The fourth-order valence-corrected chi connectivity index (χ4v) is 3.66. The molecule has 2 aromatic carbocycles. The van der Waals surface area contributed by atoms with E-state index < -0.39 is 0 Å². The predicted molar refractivity (Wildman–Crippen MR) is 111 cm³/mol. The number of likely N-dealkylation sites (tertiary alicyclic amines) is 1. The number of ether oxygens (including phenoxy) is 2. The van der Waals surface area contributed by atoms with Gasteiger partial charge in [0.25, 0.3) is 0 Å². The summed E-state index contributed by atoms with van der Waals surface area (Å²) >= 11 is 0. The van der Waals surface area contributed by atoms with Gasteiger partial charge in [0.15, 0.2) is 11.5 Å². The van der Waals surface area contributed by atoms with Crippen molar-refractivity contribution in [1.82, 2.24) is 10.2 Å². The summed E-state index contributed by atoms with van der Waals surface area (Å²) in [6.45, 7) is 3.54. The molecule has 2 amide bonds. The van der Waals surface area contributed by atoms with Crippen molar-refractivity contribution in [3.8, 4) is 11.5 Å². The second kappa shape index (κ2) is 9.45. The number of carbonyl (C=O) groups excluding carboxylic acids is 2. The normalized spacial score (nSPS) is 16.0. The van der Waals surface area contributed by atoms with Crippen LogP contribution in [0.1, 0.15) is 23.1 Å². The van der Waals surface area contributed by atoms with Crippen molar-refractivity contribution in [3.05, 3.63) is 59.2 Å². The molecule has 1 heterocycles. The summed E-state index contributed by atoms with van der Waals surface area (Å²) in [5, 5.41) is 2.98. The van der Waals surface area contributed by atoms with Crippen LogP contribution in [0.2, 0.25) is 0 Å². The van der Waals surface area contributed by atoms with Crippen LogP contribution in [-0.2, 0) is 22.6 Å². The molecule has 3 rings (SSSR count). The molecule has 1 N–H and O–H groups in total. The average molecular weight is 396 g/mol. The van der Waals surface area contributed by atoms with Crippen LogP contribution in [0.4, 0.5) is 0 Å². The first-order valence-electron chi connectivity index (χ1n) is 9.82. The molecule has 1 aliphatic rings. The van der Waals surface area contributed by atoms with Crippen molar-refractivity contribution in [1.29, 1.82) is 0 Å². The standard InChI is InChI=1S/C23H28N2O4/c1-16-11-20(28-2)21(29-3)12-18(16)9-10-24-23(27)19-13-22(26)25(15-19)14-17-7-5-4-6-8-17/h4-8,11-12,19H,9-10,13-15H2,1-3H3,(H,24,27). The molecule has 6 heteroatoms. The van der Waals surface area contributed by atoms with Crippen molar-refractivity contribution < 1.29 is 19.1 Å². The number of hydrogen-bond acceptors (Lipinski definition) is 4. The molecule has 1 unspecified atom stereocenters. The summed E-state index contributed by atoms with van der Waals surface area (Å²) in [6, 6.07) is 13.7. The molecule has 2 aromatic rings. The van der Waals surface area contributed by atoms with E-state index in [0.717, 1.165) is 16.7 Å². The fraction of sp³-hybridized carbons (Fsp3) is 0.391. The van der Waals surface area contributed by atoms with E-state index in [1.54, 1.807) is 19.1 Å². The SMILES string of the molecule is COc1cc(C)c(CCNC(=O)C2CC(=O)N(Cc3ccccc3)C2)cc1OC. The zero-order chi connectivity index (χ0) is 20.8. The quantitative estimate of drug-likeness (QED) is 0.745. The van der Waals surface area contributed by atoms with Gasteiger partial charge in [-0.25, -0.2) is 0 Å². The Labute approximate surface area is 171 Å². The summed E-state index contributed by atoms with van der Waals surface area (Å²) in [4.78, 5) is 26.6. The summed E-state index contributed by atoms with van der Waals surface area (Å²) in [7, 11) is 3.22. The first kappa shape index (κ1) is 20.7. The second-order valence-corrected chi connectivity index (χ2v) is 7.34. The first-order valence-corrected chi connectivity index (χ1v) is 9.82. The lowest BCUT2D eigenvalue weighted by Crippen LogP contribution is -2.34. The molecule has 0 aromatic heterocycles. The topological polar surface area (TPSA) is 67.9 Å². The molecule has 1 fully saturated rings. The minimum Gasteiger partial charge on any atom is -0.493 e. The number of amides is 2. The smallest absolute Gasteiger partial charge is 0.225 e. The Morgan fingerprint density at radius 3 is 2.52 bits per heavy atom. The van der Waals surface area contributed by atoms with E-state index in [9.17, 15) is 9.59 Å². The third kappa shape index (κ3) is 5.08. The highest BCUT2D eigenvalue weighted by atomic mass is 16.5. The number of benzene rings is 2. The van der Waals surface area contributed by atoms with Gasteiger partial charge in [0.2, 0.25) is 11.8 Å². The molecule has 0 aliphatic carbocycles. The molecule has 0 bridgehead atoms. The summed E-state index contributed by atoms with van der Waals surface area (Å²) in [5.74, 6) is 1.05. The van der Waals surface area contributed by atoms with Crippen LogP contribution >= 0.6 is 0 Å². The van der Waals surface area contributed by atoms with Gasteiger partial charge in [-0.05, 0) is 42.2 Å². The summed E-state index contributed by atoms with van der Waals surface area (Å²) in [5.41, 5.74) is 3.25. The molecular weight excluding hydrogens is 368 g/mol. The Hall–Kier alpha value is -3.02. The third-order valence-corrected chi connectivity index (χ3v) is 5.34. The molecule has 1 aliphatic heterocycles. The minimum atomic E-state index is -0.294. The number of rotatable bonds is 8. The van der Waals surface area contributed by atoms with E-state index >= 15 is 0 Å². The molecule has 6 nitrogen and oxygen atoms in total. The monoisotopic (exact) mass is 396 g/mol. The van der Waals surface area contributed by atoms with E-state index in [-0.39, 0.29) is 24.2 Å². The number of nitrogens with one attached hydrogen (secondary N) is 1. The van der Waals surface area contributed by atoms with Gasteiger partial charge in [0, 0.05) is 26.1 Å². The van der Waals surface area contributed by atoms with E-state index in [1.165, 1.54) is 0 Å². The van der Waals surface area contributed by atoms with Crippen LogP contribution in [0.5, 0.6) is 11.5 Å². The van der Waals surface area contributed by atoms with Gasteiger partial charge in [0.1, 0.15) is 0 Å². The lowest BCUT2D eigenvalue weighted by Gasteiger charge is -2.17. The largest absolute Gasteiger partial charge is 0.493 e. The highest BCUT2D eigenvalue weighted by molar-refractivity contribution is 5.89. The lowest BCUT2D eigenvalue weighted by molar-refractivity contribution is -0.129. The summed E-state index contributed by atoms with van der Waals surface area (Å²) < 4.78 is 10.7. The maximum absolute atomic E-state index is 12.6. The molecule has 1 saturated heterocycles. The first-order chi connectivity index (χ1) is 14.0. The molecule has 1 atom stereocenters. The van der Waals surface area contributed by atoms with E-state index in [2.05, 4.69) is 5.32 Å². The van der Waals surface area contributed by atoms with Crippen LogP contribution < -0.4 is 14.8 Å². The van der Waals surface area contributed by atoms with E-state index in [1.807, 2.05) is 49.4 Å². The average Bonchev–Trinajstić information content (AvgIpc) is 3.10. The lowest BCUT2D eigenvalue weighted by atomic mass is 10.0. The number of carbonyl (C=O) groups is 2. The van der Waals surface area contributed by atoms with Crippen LogP contribution in [0, 0.1) is 12.8 Å². The van der Waals surface area contributed by atoms with Crippen LogP contribution in [-0.4, -0.2) is 44.0 Å². The van der Waals surface area contributed by atoms with Gasteiger partial charge in [-0.2, -0.15) is 0 Å². The molecule has 0 radical (unpaired) electrons. The van der Waals surface area contributed by atoms with Gasteiger partial charge in [0.05, 0.1) is 20.1 Å². The predicted octanol–water partition coefficient (Wildman–Crippen LogP) is 2.72. The number of nitrogens with zero attached hydrogens (tertiary/aromatic N) is 1. The summed E-state index contributed by atoms with van der Waals surface area (Å²) in [6.07, 6.45) is 0.959. The minimum absolute atomic E-state index is 0.0322. The maximum Gasteiger partial charge on any atom is 0.225 e. The molecule has 0 saturated carbocycles. The third-order valence-electron chi connectivity index (χ3n) is 5.34. The Kier molecular flexibility index (Phi) is 6.75. The van der Waals surface area contributed by atoms with E-state index in [0.29, 0.717) is 37.6 Å². The Bertz CT molecular complexity index is 867. The van der Waals surface area contributed by atoms with Crippen molar-refractivity contribution in [2.24, 2.45) is 5.92 Å². The van der Waals surface area contributed by atoms with Crippen LogP contribution in [0.25, 0.3) is 0 Å². The number of aryl methyl sites for hydroxylation is 1. The van der Waals surface area contributed by atoms with E-state index in [4.69, 9.17) is 9.47 Å². The Balaban J connectivity index is 1.52. The van der Waals surface area contributed by atoms with Crippen molar-refractivity contribution >= 4 is 11.8 Å². The molecule has 0 spiro atoms. The van der Waals surface area contributed by atoms with Gasteiger partial charge in [-0.1, -0.05) is 30.3 Å². The molecule has 29 heavy (non-hydrogen) atoms. The Morgan fingerprint density at radius 1 is 1.14 bits per heavy atom. The zero-order valence-corrected chi connectivity index (χ0v) is 17.2. The fourth-order valence-electron chi connectivity index (χ4n) is 3.66. The van der Waals surface area contributed by atoms with Gasteiger partial charge < -0.3 is 19.7 Å². The maximum atomic E-state index is 12.6. The highest BCUT2D eigenvalue weighted by Gasteiger charge is 2.34. The number of hydrogen-bond donors (Lipinski definition) is 1. The van der Waals surface area contributed by atoms with Crippen LogP contribution in [0.15, 0.2) is 42.5 Å². The second-order valence-electron chi connectivity index (χ2n) is 7.34. The highest BCUT2D eigenvalue weighted by Crippen LogP contribution is 2.30. The van der Waals surface area contributed by atoms with Gasteiger partial charge in [-0.15, -0.1) is 0 Å². The van der Waals surface area contributed by atoms with Crippen LogP contribution in [0.3, 0.4) is 0 Å². The van der Waals surface area contributed by atoms with Crippen molar-refractivity contribution in [3.63, 3.8) is 0 Å². The van der Waals surface area contributed by atoms with Crippen molar-refractivity contribution in [2.45, 2.75) is 26.3 Å². The van der Waals surface area contributed by atoms with Gasteiger partial charge in [-0.3, -0.25) is 9.59 Å². The number of methoxy groups -OCH3 is 2. The van der Waals surface area contributed by atoms with Gasteiger partial charge >= 0.3 is 0 Å². The molecule has 154 valence electrons. The van der Waals surface area contributed by atoms with Crippen molar-refractivity contribution in [2.75, 3.05) is 27.3 Å².